The molecule has 100 valence electrons. The predicted octanol–water partition coefficient (Wildman–Crippen LogP) is 4.71. The van der Waals surface area contributed by atoms with Gasteiger partial charge in [-0.3, -0.25) is 0 Å². The Kier molecular flexibility index (Phi) is 4.32. The van der Waals surface area contributed by atoms with Crippen LogP contribution in [0.15, 0.2) is 39.3 Å². The molecule has 0 aliphatic carbocycles. The Balaban J connectivity index is 2.49. The second-order valence-electron chi connectivity index (χ2n) is 3.86. The van der Waals surface area contributed by atoms with Crippen molar-refractivity contribution >= 4 is 31.9 Å². The fraction of sp³-hybridized carbons (Fsp3) is 0.0769. The number of halogens is 5. The average Bonchev–Trinajstić information content (AvgIpc) is 2.33. The van der Waals surface area contributed by atoms with E-state index in [4.69, 9.17) is 0 Å². The summed E-state index contributed by atoms with van der Waals surface area (Å²) >= 11 is 5.93. The first-order chi connectivity index (χ1) is 8.90. The molecular formula is C13H7Br2F3O. The molecule has 0 fully saturated rings. The number of aliphatic hydroxyl groups excluding tert-OH is 1. The highest BCUT2D eigenvalue weighted by atomic mass is 79.9. The SMILES string of the molecule is OC(c1cc(F)c(Br)cc1F)c1ccc(F)cc1Br. The molecule has 1 unspecified atom stereocenters. The van der Waals surface area contributed by atoms with Crippen molar-refractivity contribution in [3.05, 3.63) is 67.9 Å². The van der Waals surface area contributed by atoms with Gasteiger partial charge >= 0.3 is 0 Å². The fourth-order valence-corrected chi connectivity index (χ4v) is 2.52. The monoisotopic (exact) mass is 394 g/mol. The lowest BCUT2D eigenvalue weighted by Gasteiger charge is -2.14. The Morgan fingerprint density at radius 1 is 0.842 bits per heavy atom. The van der Waals surface area contributed by atoms with E-state index in [0.29, 0.717) is 0 Å². The van der Waals surface area contributed by atoms with Crippen molar-refractivity contribution in [3.8, 4) is 0 Å². The number of aliphatic hydroxyl groups is 1. The van der Waals surface area contributed by atoms with Gasteiger partial charge in [0.25, 0.3) is 0 Å². The van der Waals surface area contributed by atoms with Crippen molar-refractivity contribution < 1.29 is 18.3 Å². The Bertz CT molecular complexity index is 632. The van der Waals surface area contributed by atoms with E-state index in [2.05, 4.69) is 31.9 Å². The normalized spacial score (nSPS) is 12.5. The molecule has 2 rings (SSSR count). The molecule has 2 aromatic rings. The van der Waals surface area contributed by atoms with Crippen molar-refractivity contribution in [3.63, 3.8) is 0 Å². The largest absolute Gasteiger partial charge is 0.384 e. The predicted molar refractivity (Wildman–Crippen MR) is 72.2 cm³/mol. The molecule has 0 amide bonds. The van der Waals surface area contributed by atoms with Gasteiger partial charge in [-0.15, -0.1) is 0 Å². The van der Waals surface area contributed by atoms with Crippen LogP contribution in [0, 0.1) is 17.5 Å². The summed E-state index contributed by atoms with van der Waals surface area (Å²) in [7, 11) is 0. The molecule has 0 saturated carbocycles. The van der Waals surface area contributed by atoms with E-state index in [1.807, 2.05) is 0 Å². The molecule has 1 N–H and O–H groups in total. The zero-order chi connectivity index (χ0) is 14.2. The van der Waals surface area contributed by atoms with Gasteiger partial charge in [0, 0.05) is 10.0 Å². The van der Waals surface area contributed by atoms with E-state index in [1.54, 1.807) is 0 Å². The summed E-state index contributed by atoms with van der Waals surface area (Å²) in [5.74, 6) is -1.93. The molecule has 19 heavy (non-hydrogen) atoms. The molecule has 0 saturated heterocycles. The van der Waals surface area contributed by atoms with E-state index < -0.39 is 23.6 Å². The van der Waals surface area contributed by atoms with Crippen molar-refractivity contribution in [2.45, 2.75) is 6.10 Å². The van der Waals surface area contributed by atoms with Crippen LogP contribution >= 0.6 is 31.9 Å². The van der Waals surface area contributed by atoms with E-state index in [-0.39, 0.29) is 20.1 Å². The fourth-order valence-electron chi connectivity index (χ4n) is 1.64. The van der Waals surface area contributed by atoms with Gasteiger partial charge in [0.1, 0.15) is 23.6 Å². The number of benzene rings is 2. The minimum absolute atomic E-state index is 0.0286. The third-order valence-corrected chi connectivity index (χ3v) is 3.89. The molecule has 1 nitrogen and oxygen atoms in total. The highest BCUT2D eigenvalue weighted by molar-refractivity contribution is 9.10. The molecule has 0 aliphatic heterocycles. The minimum atomic E-state index is -1.39. The molecule has 0 aliphatic rings. The van der Waals surface area contributed by atoms with Gasteiger partial charge in [0.2, 0.25) is 0 Å². The zero-order valence-corrected chi connectivity index (χ0v) is 12.5. The molecule has 0 bridgehead atoms. The third kappa shape index (κ3) is 3.01. The maximum atomic E-state index is 13.7. The van der Waals surface area contributed by atoms with Gasteiger partial charge in [0.15, 0.2) is 0 Å². The summed E-state index contributed by atoms with van der Waals surface area (Å²) < 4.78 is 40.3. The van der Waals surface area contributed by atoms with Crippen LogP contribution in [-0.2, 0) is 0 Å². The van der Waals surface area contributed by atoms with Crippen LogP contribution in [0.1, 0.15) is 17.2 Å². The van der Waals surface area contributed by atoms with E-state index in [1.165, 1.54) is 6.07 Å². The third-order valence-electron chi connectivity index (χ3n) is 2.59. The highest BCUT2D eigenvalue weighted by Gasteiger charge is 2.20. The smallest absolute Gasteiger partial charge is 0.137 e. The quantitative estimate of drug-likeness (QED) is 0.730. The standard InChI is InChI=1S/C13H7Br2F3O/c14-9-3-6(16)1-2-7(9)13(19)8-4-12(18)10(15)5-11(8)17/h1-5,13,19H. The summed E-state index contributed by atoms with van der Waals surface area (Å²) in [4.78, 5) is 0. The Morgan fingerprint density at radius 3 is 2.16 bits per heavy atom. The summed E-state index contributed by atoms with van der Waals surface area (Å²) in [6.45, 7) is 0. The molecule has 6 heteroatoms. The van der Waals surface area contributed by atoms with Crippen LogP contribution in [0.25, 0.3) is 0 Å². The summed E-state index contributed by atoms with van der Waals surface area (Å²) in [6.07, 6.45) is -1.39. The first kappa shape index (κ1) is 14.6. The topological polar surface area (TPSA) is 20.2 Å². The van der Waals surface area contributed by atoms with Gasteiger partial charge in [-0.05, 0) is 45.8 Å². The van der Waals surface area contributed by atoms with Crippen LogP contribution in [0.4, 0.5) is 13.2 Å². The Morgan fingerprint density at radius 2 is 1.53 bits per heavy atom. The Labute approximate surface area is 124 Å². The molecule has 0 heterocycles. The maximum absolute atomic E-state index is 13.7. The van der Waals surface area contributed by atoms with Gasteiger partial charge < -0.3 is 5.11 Å². The van der Waals surface area contributed by atoms with Gasteiger partial charge in [-0.25, -0.2) is 13.2 Å². The lowest BCUT2D eigenvalue weighted by atomic mass is 10.0. The molecule has 0 aromatic heterocycles. The average molecular weight is 396 g/mol. The zero-order valence-electron chi connectivity index (χ0n) is 9.30. The number of rotatable bonds is 2. The molecular weight excluding hydrogens is 389 g/mol. The summed E-state index contributed by atoms with van der Waals surface area (Å²) in [6, 6.07) is 5.43. The van der Waals surface area contributed by atoms with Crippen molar-refractivity contribution in [1.29, 1.82) is 0 Å². The van der Waals surface area contributed by atoms with Crippen molar-refractivity contribution in [2.75, 3.05) is 0 Å². The molecule has 0 radical (unpaired) electrons. The Hall–Kier alpha value is -0.850. The number of hydrogen-bond donors (Lipinski definition) is 1. The lowest BCUT2D eigenvalue weighted by molar-refractivity contribution is 0.213. The van der Waals surface area contributed by atoms with Gasteiger partial charge in [-0.2, -0.15) is 0 Å². The van der Waals surface area contributed by atoms with Gasteiger partial charge in [-0.1, -0.05) is 22.0 Å². The van der Waals surface area contributed by atoms with Gasteiger partial charge in [0.05, 0.1) is 4.47 Å². The van der Waals surface area contributed by atoms with Crippen molar-refractivity contribution in [2.24, 2.45) is 0 Å². The van der Waals surface area contributed by atoms with E-state index in [9.17, 15) is 18.3 Å². The highest BCUT2D eigenvalue weighted by Crippen LogP contribution is 2.32. The molecule has 1 atom stereocenters. The van der Waals surface area contributed by atoms with Crippen LogP contribution < -0.4 is 0 Å². The summed E-state index contributed by atoms with van der Waals surface area (Å²) in [5.41, 5.74) is 0.0371. The van der Waals surface area contributed by atoms with E-state index in [0.717, 1.165) is 24.3 Å². The first-order valence-corrected chi connectivity index (χ1v) is 6.76. The second-order valence-corrected chi connectivity index (χ2v) is 5.56. The second kappa shape index (κ2) is 5.64. The lowest BCUT2D eigenvalue weighted by Crippen LogP contribution is -2.05. The first-order valence-electron chi connectivity index (χ1n) is 5.17. The maximum Gasteiger partial charge on any atom is 0.137 e. The summed E-state index contributed by atoms with van der Waals surface area (Å²) in [5, 5.41) is 10.1. The van der Waals surface area contributed by atoms with Crippen LogP contribution in [0.5, 0.6) is 0 Å². The number of hydrogen-bond acceptors (Lipinski definition) is 1. The van der Waals surface area contributed by atoms with E-state index >= 15 is 0 Å². The minimum Gasteiger partial charge on any atom is -0.384 e. The molecule has 2 aromatic carbocycles. The molecule has 0 spiro atoms. The van der Waals surface area contributed by atoms with Crippen LogP contribution in [0.2, 0.25) is 0 Å². The van der Waals surface area contributed by atoms with Crippen LogP contribution in [-0.4, -0.2) is 5.11 Å². The van der Waals surface area contributed by atoms with Crippen LogP contribution in [0.3, 0.4) is 0 Å². The van der Waals surface area contributed by atoms with Crippen molar-refractivity contribution in [1.82, 2.24) is 0 Å².